The van der Waals surface area contributed by atoms with Crippen LogP contribution in [0.4, 0.5) is 0 Å². The minimum absolute atomic E-state index is 0.535. The quantitative estimate of drug-likeness (QED) is 0.740. The van der Waals surface area contributed by atoms with Gasteiger partial charge in [0.2, 0.25) is 0 Å². The summed E-state index contributed by atoms with van der Waals surface area (Å²) in [6.45, 7) is 4.06. The number of benzene rings is 1. The summed E-state index contributed by atoms with van der Waals surface area (Å²) in [4.78, 5) is 7.33. The van der Waals surface area contributed by atoms with Gasteiger partial charge in [-0.05, 0) is 37.7 Å². The largest absolute Gasteiger partial charge is 0.335 e. The second kappa shape index (κ2) is 3.95. The predicted octanol–water partition coefficient (Wildman–Crippen LogP) is 3.42. The molecule has 0 amide bonds. The Balaban J connectivity index is 2.64. The molecule has 1 aromatic carbocycles. The van der Waals surface area contributed by atoms with Crippen LogP contribution in [0.3, 0.4) is 0 Å². The molecule has 0 saturated carbocycles. The Labute approximate surface area is 94.0 Å². The van der Waals surface area contributed by atoms with Crippen molar-refractivity contribution >= 4 is 12.2 Å². The van der Waals surface area contributed by atoms with Crippen molar-refractivity contribution in [2.24, 2.45) is 0 Å². The Hall–Kier alpha value is -1.48. The van der Waals surface area contributed by atoms with E-state index >= 15 is 0 Å². The standard InChI is InChI=1S/C12H12N2S/c1-8-5-3-4-6-10(8)11-7-9(2)13-12(15)14-11/h3-7H,1-2H3,(H,13,14,15). The second-order valence-corrected chi connectivity index (χ2v) is 3.96. The Morgan fingerprint density at radius 1 is 1.20 bits per heavy atom. The zero-order chi connectivity index (χ0) is 10.8. The van der Waals surface area contributed by atoms with Gasteiger partial charge in [0.05, 0.1) is 5.69 Å². The molecule has 2 aromatic rings. The molecule has 0 spiro atoms. The van der Waals surface area contributed by atoms with Gasteiger partial charge in [-0.3, -0.25) is 0 Å². The molecule has 3 heteroatoms. The number of hydrogen-bond donors (Lipinski definition) is 1. The first-order chi connectivity index (χ1) is 7.16. The summed E-state index contributed by atoms with van der Waals surface area (Å²) in [5.41, 5.74) is 4.33. The number of aromatic amines is 1. The highest BCUT2D eigenvalue weighted by molar-refractivity contribution is 7.71. The molecule has 0 saturated heterocycles. The molecule has 0 bridgehead atoms. The number of aromatic nitrogens is 2. The van der Waals surface area contributed by atoms with E-state index in [0.717, 1.165) is 17.0 Å². The molecule has 1 N–H and O–H groups in total. The smallest absolute Gasteiger partial charge is 0.197 e. The maximum absolute atomic E-state index is 5.06. The van der Waals surface area contributed by atoms with Crippen molar-refractivity contribution in [1.82, 2.24) is 9.97 Å². The van der Waals surface area contributed by atoms with E-state index in [2.05, 4.69) is 29.0 Å². The van der Waals surface area contributed by atoms with Crippen molar-refractivity contribution < 1.29 is 0 Å². The Kier molecular flexibility index (Phi) is 2.64. The van der Waals surface area contributed by atoms with Crippen LogP contribution in [0.1, 0.15) is 11.3 Å². The van der Waals surface area contributed by atoms with Crippen LogP contribution in [0.15, 0.2) is 30.3 Å². The van der Waals surface area contributed by atoms with Crippen LogP contribution in [-0.4, -0.2) is 9.97 Å². The van der Waals surface area contributed by atoms with Crippen LogP contribution in [0.25, 0.3) is 11.3 Å². The lowest BCUT2D eigenvalue weighted by molar-refractivity contribution is 1.08. The summed E-state index contributed by atoms with van der Waals surface area (Å²) in [7, 11) is 0. The molecule has 0 atom stereocenters. The van der Waals surface area contributed by atoms with Gasteiger partial charge in [-0.2, -0.15) is 0 Å². The van der Waals surface area contributed by atoms with Gasteiger partial charge in [0, 0.05) is 11.3 Å². The molecule has 0 aliphatic heterocycles. The van der Waals surface area contributed by atoms with E-state index in [0.29, 0.717) is 4.77 Å². The number of nitrogens with one attached hydrogen (secondary N) is 1. The van der Waals surface area contributed by atoms with E-state index in [1.54, 1.807) is 0 Å². The van der Waals surface area contributed by atoms with Crippen molar-refractivity contribution in [2.45, 2.75) is 13.8 Å². The number of hydrogen-bond acceptors (Lipinski definition) is 2. The molecule has 0 radical (unpaired) electrons. The first-order valence-corrected chi connectivity index (χ1v) is 5.21. The highest BCUT2D eigenvalue weighted by atomic mass is 32.1. The lowest BCUT2D eigenvalue weighted by Gasteiger charge is -2.05. The van der Waals surface area contributed by atoms with Gasteiger partial charge in [-0.1, -0.05) is 24.3 Å². The molecule has 0 aliphatic rings. The molecule has 2 nitrogen and oxygen atoms in total. The van der Waals surface area contributed by atoms with Crippen LogP contribution >= 0.6 is 12.2 Å². The first kappa shape index (κ1) is 10.1. The van der Waals surface area contributed by atoms with Crippen molar-refractivity contribution in [2.75, 3.05) is 0 Å². The van der Waals surface area contributed by atoms with Gasteiger partial charge >= 0.3 is 0 Å². The van der Waals surface area contributed by atoms with Crippen LogP contribution in [0, 0.1) is 18.6 Å². The monoisotopic (exact) mass is 216 g/mol. The molecular weight excluding hydrogens is 204 g/mol. The summed E-state index contributed by atoms with van der Waals surface area (Å²) in [5, 5.41) is 0. The SMILES string of the molecule is Cc1cc(-c2ccccc2C)nc(=S)[nH]1. The summed E-state index contributed by atoms with van der Waals surface area (Å²) >= 11 is 5.06. The Morgan fingerprint density at radius 3 is 2.60 bits per heavy atom. The number of H-pyrrole nitrogens is 1. The Bertz CT molecular complexity index is 543. The third-order valence-corrected chi connectivity index (χ3v) is 2.49. The number of rotatable bonds is 1. The zero-order valence-electron chi connectivity index (χ0n) is 8.74. The molecule has 76 valence electrons. The fourth-order valence-electron chi connectivity index (χ4n) is 1.58. The van der Waals surface area contributed by atoms with Gasteiger partial charge in [0.15, 0.2) is 4.77 Å². The average Bonchev–Trinajstić information content (AvgIpc) is 2.16. The maximum atomic E-state index is 5.06. The highest BCUT2D eigenvalue weighted by Gasteiger charge is 2.02. The molecule has 0 aliphatic carbocycles. The van der Waals surface area contributed by atoms with Crippen molar-refractivity contribution in [1.29, 1.82) is 0 Å². The van der Waals surface area contributed by atoms with Crippen LogP contribution in [-0.2, 0) is 0 Å². The number of aryl methyl sites for hydroxylation is 2. The van der Waals surface area contributed by atoms with Crippen LogP contribution in [0.2, 0.25) is 0 Å². The topological polar surface area (TPSA) is 28.7 Å². The predicted molar refractivity (Wildman–Crippen MR) is 64.3 cm³/mol. The van der Waals surface area contributed by atoms with Gasteiger partial charge in [0.25, 0.3) is 0 Å². The van der Waals surface area contributed by atoms with E-state index < -0.39 is 0 Å². The maximum Gasteiger partial charge on any atom is 0.197 e. The van der Waals surface area contributed by atoms with Crippen molar-refractivity contribution in [3.8, 4) is 11.3 Å². The first-order valence-electron chi connectivity index (χ1n) is 4.81. The van der Waals surface area contributed by atoms with E-state index in [1.165, 1.54) is 5.56 Å². The summed E-state index contributed by atoms with van der Waals surface area (Å²) in [6.07, 6.45) is 0. The summed E-state index contributed by atoms with van der Waals surface area (Å²) < 4.78 is 0.535. The van der Waals surface area contributed by atoms with E-state index in [1.807, 2.05) is 25.1 Å². The minimum atomic E-state index is 0.535. The van der Waals surface area contributed by atoms with Crippen molar-refractivity contribution in [3.63, 3.8) is 0 Å². The van der Waals surface area contributed by atoms with Gasteiger partial charge in [-0.25, -0.2) is 4.98 Å². The summed E-state index contributed by atoms with van der Waals surface area (Å²) in [5.74, 6) is 0. The third kappa shape index (κ3) is 2.13. The third-order valence-electron chi connectivity index (χ3n) is 2.30. The van der Waals surface area contributed by atoms with Gasteiger partial charge in [0.1, 0.15) is 0 Å². The van der Waals surface area contributed by atoms with Gasteiger partial charge < -0.3 is 4.98 Å². The highest BCUT2D eigenvalue weighted by Crippen LogP contribution is 2.20. The van der Waals surface area contributed by atoms with Crippen molar-refractivity contribution in [3.05, 3.63) is 46.4 Å². The molecule has 0 unspecified atom stereocenters. The fourth-order valence-corrected chi connectivity index (χ4v) is 1.84. The fraction of sp³-hybridized carbons (Fsp3) is 0.167. The lowest BCUT2D eigenvalue weighted by Crippen LogP contribution is -1.91. The average molecular weight is 216 g/mol. The minimum Gasteiger partial charge on any atom is -0.335 e. The zero-order valence-corrected chi connectivity index (χ0v) is 9.56. The summed E-state index contributed by atoms with van der Waals surface area (Å²) in [6, 6.07) is 10.2. The molecule has 2 rings (SSSR count). The van der Waals surface area contributed by atoms with Crippen LogP contribution < -0.4 is 0 Å². The molecule has 1 heterocycles. The van der Waals surface area contributed by atoms with E-state index in [4.69, 9.17) is 12.2 Å². The molecule has 1 aromatic heterocycles. The molecule has 15 heavy (non-hydrogen) atoms. The number of nitrogens with zero attached hydrogens (tertiary/aromatic N) is 1. The lowest BCUT2D eigenvalue weighted by atomic mass is 10.1. The van der Waals surface area contributed by atoms with Crippen LogP contribution in [0.5, 0.6) is 0 Å². The van der Waals surface area contributed by atoms with Gasteiger partial charge in [-0.15, -0.1) is 0 Å². The van der Waals surface area contributed by atoms with E-state index in [9.17, 15) is 0 Å². The Morgan fingerprint density at radius 2 is 1.93 bits per heavy atom. The van der Waals surface area contributed by atoms with E-state index in [-0.39, 0.29) is 0 Å². The molecule has 0 fully saturated rings. The second-order valence-electron chi connectivity index (χ2n) is 3.57. The normalized spacial score (nSPS) is 10.3. The molecular formula is C12H12N2S.